The molecule has 0 unspecified atom stereocenters. The van der Waals surface area contributed by atoms with E-state index in [0.29, 0.717) is 18.7 Å². The lowest BCUT2D eigenvalue weighted by Gasteiger charge is -2.08. The van der Waals surface area contributed by atoms with Crippen LogP contribution in [0.3, 0.4) is 0 Å². The number of methoxy groups -OCH3 is 1. The number of nitrogens with one attached hydrogen (secondary N) is 2. The largest absolute Gasteiger partial charge is 0.497 e. The van der Waals surface area contributed by atoms with Crippen molar-refractivity contribution in [1.29, 1.82) is 0 Å². The maximum Gasteiger partial charge on any atom is 0.274 e. The lowest BCUT2D eigenvalue weighted by molar-refractivity contribution is 0.0949. The van der Waals surface area contributed by atoms with Gasteiger partial charge in [0.2, 0.25) is 0 Å². The molecule has 6 heteroatoms. The molecule has 3 aromatic rings. The molecule has 0 fully saturated rings. The van der Waals surface area contributed by atoms with Gasteiger partial charge in [-0.2, -0.15) is 0 Å². The molecule has 0 bridgehead atoms. The van der Waals surface area contributed by atoms with E-state index in [1.54, 1.807) is 37.4 Å². The van der Waals surface area contributed by atoms with Gasteiger partial charge in [-0.1, -0.05) is 36.4 Å². The molecule has 0 aliphatic heterocycles. The quantitative estimate of drug-likeness (QED) is 0.664. The predicted molar refractivity (Wildman–Crippen MR) is 108 cm³/mol. The highest BCUT2D eigenvalue weighted by Crippen LogP contribution is 2.12. The van der Waals surface area contributed by atoms with Crippen LogP contribution in [0.15, 0.2) is 72.8 Å². The second-order valence-corrected chi connectivity index (χ2v) is 6.09. The number of anilines is 1. The molecule has 3 rings (SSSR count). The molecule has 28 heavy (non-hydrogen) atoms. The molecule has 0 aliphatic rings. The Balaban J connectivity index is 1.58. The average molecular weight is 375 g/mol. The first-order valence-electron chi connectivity index (χ1n) is 8.90. The van der Waals surface area contributed by atoms with Crippen molar-refractivity contribution >= 4 is 17.5 Å². The molecule has 2 N–H and O–H groups in total. The highest BCUT2D eigenvalue weighted by Gasteiger charge is 2.12. The van der Waals surface area contributed by atoms with Crippen molar-refractivity contribution in [3.05, 3.63) is 89.7 Å². The number of hydrogen-bond donors (Lipinski definition) is 2. The number of rotatable bonds is 7. The fraction of sp³-hybridized carbons (Fsp3) is 0.136. The van der Waals surface area contributed by atoms with E-state index in [9.17, 15) is 9.59 Å². The number of ether oxygens (including phenoxy) is 1. The van der Waals surface area contributed by atoms with Crippen LogP contribution >= 0.6 is 0 Å². The van der Waals surface area contributed by atoms with Gasteiger partial charge in [0.25, 0.3) is 11.8 Å². The van der Waals surface area contributed by atoms with E-state index >= 15 is 0 Å². The fourth-order valence-electron chi connectivity index (χ4n) is 2.64. The van der Waals surface area contributed by atoms with Gasteiger partial charge in [0.1, 0.15) is 17.1 Å². The van der Waals surface area contributed by atoms with Gasteiger partial charge in [-0.15, -0.1) is 0 Å². The van der Waals surface area contributed by atoms with E-state index < -0.39 is 0 Å². The smallest absolute Gasteiger partial charge is 0.274 e. The molecule has 0 saturated heterocycles. The zero-order valence-electron chi connectivity index (χ0n) is 15.5. The third-order valence-electron chi connectivity index (χ3n) is 4.08. The number of hydrogen-bond acceptors (Lipinski definition) is 4. The Kier molecular flexibility index (Phi) is 6.36. The summed E-state index contributed by atoms with van der Waals surface area (Å²) < 4.78 is 5.19. The minimum Gasteiger partial charge on any atom is -0.497 e. The number of nitrogens with zero attached hydrogens (tertiary/aromatic N) is 1. The molecular weight excluding hydrogens is 354 g/mol. The number of benzene rings is 2. The van der Waals surface area contributed by atoms with Gasteiger partial charge in [0.15, 0.2) is 0 Å². The summed E-state index contributed by atoms with van der Waals surface area (Å²) in [7, 11) is 1.62. The number of carbonyl (C=O) groups excluding carboxylic acids is 2. The van der Waals surface area contributed by atoms with E-state index in [4.69, 9.17) is 4.74 Å². The van der Waals surface area contributed by atoms with Crippen molar-refractivity contribution in [2.24, 2.45) is 0 Å². The summed E-state index contributed by atoms with van der Waals surface area (Å²) in [5, 5.41) is 5.58. The predicted octanol–water partition coefficient (Wildman–Crippen LogP) is 3.32. The van der Waals surface area contributed by atoms with Crippen molar-refractivity contribution in [2.45, 2.75) is 6.42 Å². The first kappa shape index (κ1) is 19.1. The second kappa shape index (κ2) is 9.32. The van der Waals surface area contributed by atoms with Crippen LogP contribution in [0, 0.1) is 0 Å². The topological polar surface area (TPSA) is 80.3 Å². The number of carbonyl (C=O) groups is 2. The molecule has 1 aromatic heterocycles. The summed E-state index contributed by atoms with van der Waals surface area (Å²) in [6, 6.07) is 21.6. The minimum absolute atomic E-state index is 0.185. The average Bonchev–Trinajstić information content (AvgIpc) is 2.74. The molecule has 1 heterocycles. The van der Waals surface area contributed by atoms with E-state index in [2.05, 4.69) is 15.6 Å². The van der Waals surface area contributed by atoms with E-state index in [-0.39, 0.29) is 23.2 Å². The van der Waals surface area contributed by atoms with Crippen LogP contribution in [0.1, 0.15) is 26.5 Å². The Morgan fingerprint density at radius 1 is 0.893 bits per heavy atom. The van der Waals surface area contributed by atoms with E-state index in [1.165, 1.54) is 0 Å². The first-order valence-corrected chi connectivity index (χ1v) is 8.90. The van der Waals surface area contributed by atoms with Gasteiger partial charge in [0.05, 0.1) is 7.11 Å². The maximum atomic E-state index is 12.4. The molecule has 2 amide bonds. The van der Waals surface area contributed by atoms with E-state index in [0.717, 1.165) is 11.3 Å². The molecule has 0 aliphatic carbocycles. The van der Waals surface area contributed by atoms with Crippen LogP contribution in [0.25, 0.3) is 0 Å². The van der Waals surface area contributed by atoms with Gasteiger partial charge in [-0.05, 0) is 48.4 Å². The van der Waals surface area contributed by atoms with Crippen LogP contribution in [-0.4, -0.2) is 30.5 Å². The Bertz CT molecular complexity index is 958. The van der Waals surface area contributed by atoms with Crippen LogP contribution in [0.5, 0.6) is 5.75 Å². The fourth-order valence-corrected chi connectivity index (χ4v) is 2.64. The van der Waals surface area contributed by atoms with Crippen LogP contribution < -0.4 is 15.4 Å². The number of pyridine rings is 1. The molecule has 0 radical (unpaired) electrons. The normalized spacial score (nSPS) is 10.2. The Morgan fingerprint density at radius 2 is 1.61 bits per heavy atom. The molecular formula is C22H21N3O3. The van der Waals surface area contributed by atoms with Crippen molar-refractivity contribution in [3.8, 4) is 5.75 Å². The standard InChI is InChI=1S/C22H21N3O3/c1-28-18-10-5-7-16(15-18)13-14-23-21(26)19-11-6-12-20(25-19)22(27)24-17-8-3-2-4-9-17/h2-12,15H,13-14H2,1H3,(H,23,26)(H,24,27). The zero-order valence-corrected chi connectivity index (χ0v) is 15.5. The van der Waals surface area contributed by atoms with Crippen LogP contribution in [0.2, 0.25) is 0 Å². The zero-order chi connectivity index (χ0) is 19.8. The summed E-state index contributed by atoms with van der Waals surface area (Å²) >= 11 is 0. The summed E-state index contributed by atoms with van der Waals surface area (Å²) in [4.78, 5) is 28.9. The van der Waals surface area contributed by atoms with Gasteiger partial charge in [0, 0.05) is 12.2 Å². The lowest BCUT2D eigenvalue weighted by Crippen LogP contribution is -2.27. The summed E-state index contributed by atoms with van der Waals surface area (Å²) in [5.41, 5.74) is 2.11. The third kappa shape index (κ3) is 5.17. The minimum atomic E-state index is -0.364. The molecule has 2 aromatic carbocycles. The van der Waals surface area contributed by atoms with Crippen molar-refractivity contribution < 1.29 is 14.3 Å². The van der Waals surface area contributed by atoms with Crippen molar-refractivity contribution in [2.75, 3.05) is 19.0 Å². The summed E-state index contributed by atoms with van der Waals surface area (Å²) in [6.45, 7) is 0.453. The Labute approximate surface area is 163 Å². The van der Waals surface area contributed by atoms with Crippen LogP contribution in [-0.2, 0) is 6.42 Å². The molecule has 6 nitrogen and oxygen atoms in total. The highest BCUT2D eigenvalue weighted by atomic mass is 16.5. The lowest BCUT2D eigenvalue weighted by atomic mass is 10.1. The number of aromatic nitrogens is 1. The Morgan fingerprint density at radius 3 is 2.36 bits per heavy atom. The summed E-state index contributed by atoms with van der Waals surface area (Å²) in [5.74, 6) is 0.0945. The van der Waals surface area contributed by atoms with Crippen LogP contribution in [0.4, 0.5) is 5.69 Å². The van der Waals surface area contributed by atoms with Crippen molar-refractivity contribution in [1.82, 2.24) is 10.3 Å². The molecule has 0 saturated carbocycles. The highest BCUT2D eigenvalue weighted by molar-refractivity contribution is 6.03. The third-order valence-corrected chi connectivity index (χ3v) is 4.08. The molecule has 142 valence electrons. The van der Waals surface area contributed by atoms with Crippen molar-refractivity contribution in [3.63, 3.8) is 0 Å². The second-order valence-electron chi connectivity index (χ2n) is 6.09. The molecule has 0 atom stereocenters. The van der Waals surface area contributed by atoms with E-state index in [1.807, 2.05) is 42.5 Å². The number of amides is 2. The SMILES string of the molecule is COc1cccc(CCNC(=O)c2cccc(C(=O)Nc3ccccc3)n2)c1. The first-order chi connectivity index (χ1) is 13.7. The van der Waals surface area contributed by atoms with Gasteiger partial charge < -0.3 is 15.4 Å². The maximum absolute atomic E-state index is 12.4. The van der Waals surface area contributed by atoms with Gasteiger partial charge >= 0.3 is 0 Å². The summed E-state index contributed by atoms with van der Waals surface area (Å²) in [6.07, 6.45) is 0.664. The monoisotopic (exact) mass is 375 g/mol. The van der Waals surface area contributed by atoms with Gasteiger partial charge in [-0.3, -0.25) is 9.59 Å². The number of para-hydroxylation sites is 1. The molecule has 0 spiro atoms. The Hall–Kier alpha value is -3.67. The van der Waals surface area contributed by atoms with Gasteiger partial charge in [-0.25, -0.2) is 4.98 Å².